The molecule has 0 saturated carbocycles. The average molecular weight is 264 g/mol. The number of benzene rings is 1. The number of aryl methyl sites for hydroxylation is 1. The topological polar surface area (TPSA) is 46.3 Å². The third-order valence-electron chi connectivity index (χ3n) is 3.79. The molecule has 3 nitrogen and oxygen atoms in total. The van der Waals surface area contributed by atoms with Crippen molar-refractivity contribution in [3.63, 3.8) is 0 Å². The van der Waals surface area contributed by atoms with E-state index in [2.05, 4.69) is 0 Å². The molecule has 1 fully saturated rings. The predicted octanol–water partition coefficient (Wildman–Crippen LogP) is 2.01. The third-order valence-corrected chi connectivity index (χ3v) is 3.79. The van der Waals surface area contributed by atoms with Crippen molar-refractivity contribution < 1.29 is 9.18 Å². The van der Waals surface area contributed by atoms with E-state index in [0.717, 1.165) is 12.0 Å². The van der Waals surface area contributed by atoms with Gasteiger partial charge in [-0.2, -0.15) is 0 Å². The molecule has 1 saturated heterocycles. The number of carbonyl (C=O) groups excluding carboxylic acids is 1. The smallest absolute Gasteiger partial charge is 0.227 e. The molecule has 19 heavy (non-hydrogen) atoms. The Morgan fingerprint density at radius 1 is 1.53 bits per heavy atom. The Morgan fingerprint density at radius 3 is 2.74 bits per heavy atom. The van der Waals surface area contributed by atoms with Gasteiger partial charge in [-0.05, 0) is 44.4 Å². The Morgan fingerprint density at radius 2 is 2.21 bits per heavy atom. The molecule has 0 spiro atoms. The fourth-order valence-electron chi connectivity index (χ4n) is 2.82. The maximum atomic E-state index is 13.2. The van der Waals surface area contributed by atoms with Crippen LogP contribution in [0, 0.1) is 12.7 Å². The van der Waals surface area contributed by atoms with E-state index in [0.29, 0.717) is 18.5 Å². The second-order valence-corrected chi connectivity index (χ2v) is 6.04. The summed E-state index contributed by atoms with van der Waals surface area (Å²) in [5.74, 6) is -0.177. The van der Waals surface area contributed by atoms with Gasteiger partial charge in [0, 0.05) is 18.1 Å². The number of hydrogen-bond acceptors (Lipinski definition) is 2. The Labute approximate surface area is 113 Å². The average Bonchev–Trinajstić information content (AvgIpc) is 2.57. The lowest BCUT2D eigenvalue weighted by atomic mass is 10.00. The molecule has 1 atom stereocenters. The quantitative estimate of drug-likeness (QED) is 0.888. The van der Waals surface area contributed by atoms with E-state index in [4.69, 9.17) is 5.73 Å². The lowest BCUT2D eigenvalue weighted by molar-refractivity contribution is -0.133. The van der Waals surface area contributed by atoms with Gasteiger partial charge in [-0.1, -0.05) is 12.1 Å². The second-order valence-electron chi connectivity index (χ2n) is 6.04. The van der Waals surface area contributed by atoms with Crippen LogP contribution < -0.4 is 5.73 Å². The minimum absolute atomic E-state index is 0.0499. The van der Waals surface area contributed by atoms with Gasteiger partial charge in [0.05, 0.1) is 6.42 Å². The Hall–Kier alpha value is -1.42. The van der Waals surface area contributed by atoms with E-state index in [1.54, 1.807) is 19.1 Å². The standard InChI is InChI=1S/C15H21FN2O/c1-10-6-11(4-5-13(10)16)7-14(19)18-9-12(17)8-15(18,2)3/h4-6,12H,7-9,17H2,1-3H3. The number of likely N-dealkylation sites (tertiary alicyclic amines) is 1. The zero-order valence-corrected chi connectivity index (χ0v) is 11.7. The molecular formula is C15H21FN2O. The molecule has 2 rings (SSSR count). The lowest BCUT2D eigenvalue weighted by Gasteiger charge is -2.31. The third kappa shape index (κ3) is 2.95. The molecule has 1 aromatic rings. The zero-order valence-electron chi connectivity index (χ0n) is 11.7. The van der Waals surface area contributed by atoms with Gasteiger partial charge in [0.25, 0.3) is 0 Å². The van der Waals surface area contributed by atoms with E-state index in [9.17, 15) is 9.18 Å². The molecule has 2 N–H and O–H groups in total. The van der Waals surface area contributed by atoms with Crippen molar-refractivity contribution >= 4 is 5.91 Å². The fraction of sp³-hybridized carbons (Fsp3) is 0.533. The van der Waals surface area contributed by atoms with Gasteiger partial charge >= 0.3 is 0 Å². The molecule has 0 radical (unpaired) electrons. The summed E-state index contributed by atoms with van der Waals surface area (Å²) in [6.45, 7) is 6.38. The van der Waals surface area contributed by atoms with Crippen molar-refractivity contribution in [3.05, 3.63) is 35.1 Å². The number of rotatable bonds is 2. The summed E-state index contributed by atoms with van der Waals surface area (Å²) in [5, 5.41) is 0. The molecule has 1 aliphatic heterocycles. The van der Waals surface area contributed by atoms with Crippen LogP contribution in [0.15, 0.2) is 18.2 Å². The van der Waals surface area contributed by atoms with Crippen molar-refractivity contribution in [2.24, 2.45) is 5.73 Å². The zero-order chi connectivity index (χ0) is 14.2. The normalized spacial score (nSPS) is 21.7. The van der Waals surface area contributed by atoms with Crippen LogP contribution in [-0.2, 0) is 11.2 Å². The van der Waals surface area contributed by atoms with Crippen molar-refractivity contribution in [2.45, 2.75) is 45.2 Å². The monoisotopic (exact) mass is 264 g/mol. The summed E-state index contributed by atoms with van der Waals surface area (Å²) in [6, 6.07) is 4.87. The van der Waals surface area contributed by atoms with Gasteiger partial charge in [0.2, 0.25) is 5.91 Å². The minimum Gasteiger partial charge on any atom is -0.336 e. The molecule has 1 unspecified atom stereocenters. The van der Waals surface area contributed by atoms with E-state index in [1.165, 1.54) is 6.07 Å². The first-order chi connectivity index (χ1) is 8.79. The largest absolute Gasteiger partial charge is 0.336 e. The number of halogens is 1. The van der Waals surface area contributed by atoms with E-state index < -0.39 is 0 Å². The van der Waals surface area contributed by atoms with E-state index >= 15 is 0 Å². The van der Waals surface area contributed by atoms with Crippen LogP contribution in [0.5, 0.6) is 0 Å². The van der Waals surface area contributed by atoms with Crippen molar-refractivity contribution in [2.75, 3.05) is 6.54 Å². The lowest BCUT2D eigenvalue weighted by Crippen LogP contribution is -2.43. The highest BCUT2D eigenvalue weighted by Crippen LogP contribution is 2.28. The van der Waals surface area contributed by atoms with Gasteiger partial charge in [-0.25, -0.2) is 4.39 Å². The second kappa shape index (κ2) is 4.93. The number of hydrogen-bond donors (Lipinski definition) is 1. The molecule has 1 aliphatic rings. The molecule has 4 heteroatoms. The predicted molar refractivity (Wildman–Crippen MR) is 73.2 cm³/mol. The first-order valence-electron chi connectivity index (χ1n) is 6.61. The number of amides is 1. The summed E-state index contributed by atoms with van der Waals surface area (Å²) in [7, 11) is 0. The van der Waals surface area contributed by atoms with Crippen LogP contribution in [0.25, 0.3) is 0 Å². The molecule has 1 amide bonds. The number of carbonyl (C=O) groups is 1. The van der Waals surface area contributed by atoms with Crippen molar-refractivity contribution in [3.8, 4) is 0 Å². The minimum atomic E-state index is -0.236. The van der Waals surface area contributed by atoms with Crippen molar-refractivity contribution in [1.82, 2.24) is 4.90 Å². The first kappa shape index (κ1) is 14.0. The van der Waals surface area contributed by atoms with Gasteiger partial charge in [-0.15, -0.1) is 0 Å². The summed E-state index contributed by atoms with van der Waals surface area (Å²) in [5.41, 5.74) is 7.16. The van der Waals surface area contributed by atoms with Crippen LogP contribution in [0.4, 0.5) is 4.39 Å². The van der Waals surface area contributed by atoms with Crippen LogP contribution >= 0.6 is 0 Å². The van der Waals surface area contributed by atoms with E-state index in [-0.39, 0.29) is 23.3 Å². The van der Waals surface area contributed by atoms with Crippen LogP contribution in [0.1, 0.15) is 31.4 Å². The molecular weight excluding hydrogens is 243 g/mol. The molecule has 0 aliphatic carbocycles. The molecule has 1 aromatic carbocycles. The Balaban J connectivity index is 2.11. The van der Waals surface area contributed by atoms with Gasteiger partial charge < -0.3 is 10.6 Å². The van der Waals surface area contributed by atoms with Gasteiger partial charge in [-0.3, -0.25) is 4.79 Å². The fourth-order valence-corrected chi connectivity index (χ4v) is 2.82. The highest BCUT2D eigenvalue weighted by atomic mass is 19.1. The molecule has 0 bridgehead atoms. The highest BCUT2D eigenvalue weighted by Gasteiger charge is 2.39. The maximum Gasteiger partial charge on any atom is 0.227 e. The van der Waals surface area contributed by atoms with Gasteiger partial charge in [0.1, 0.15) is 5.82 Å². The Bertz CT molecular complexity index is 499. The first-order valence-corrected chi connectivity index (χ1v) is 6.61. The van der Waals surface area contributed by atoms with Crippen LogP contribution in [0.3, 0.4) is 0 Å². The highest BCUT2D eigenvalue weighted by molar-refractivity contribution is 5.80. The summed E-state index contributed by atoms with van der Waals surface area (Å²) < 4.78 is 13.2. The molecule has 0 aromatic heterocycles. The van der Waals surface area contributed by atoms with E-state index in [1.807, 2.05) is 18.7 Å². The summed E-state index contributed by atoms with van der Waals surface area (Å²) >= 11 is 0. The maximum absolute atomic E-state index is 13.2. The van der Waals surface area contributed by atoms with Crippen LogP contribution in [0.2, 0.25) is 0 Å². The Kier molecular flexibility index (Phi) is 3.63. The number of nitrogens with zero attached hydrogens (tertiary/aromatic N) is 1. The molecule has 104 valence electrons. The molecule has 1 heterocycles. The SMILES string of the molecule is Cc1cc(CC(=O)N2CC(N)CC2(C)C)ccc1F. The van der Waals surface area contributed by atoms with Crippen molar-refractivity contribution in [1.29, 1.82) is 0 Å². The summed E-state index contributed by atoms with van der Waals surface area (Å²) in [6.07, 6.45) is 1.12. The number of nitrogens with two attached hydrogens (primary N) is 1. The summed E-state index contributed by atoms with van der Waals surface area (Å²) in [4.78, 5) is 14.2. The van der Waals surface area contributed by atoms with Gasteiger partial charge in [0.15, 0.2) is 0 Å². The van der Waals surface area contributed by atoms with Crippen LogP contribution in [-0.4, -0.2) is 28.9 Å².